The number of carbonyl (C=O) groups excluding carboxylic acids is 3. The molecule has 5 rings (SSSR count). The second kappa shape index (κ2) is 17.2. The van der Waals surface area contributed by atoms with Crippen LogP contribution in [0, 0.1) is 5.92 Å². The molecule has 2 aromatic carbocycles. The number of nitrogens with one attached hydrogen (secondary N) is 3. The van der Waals surface area contributed by atoms with Gasteiger partial charge in [0.15, 0.2) is 5.16 Å². The highest BCUT2D eigenvalue weighted by Gasteiger charge is 2.38. The van der Waals surface area contributed by atoms with E-state index in [0.29, 0.717) is 30.1 Å². The van der Waals surface area contributed by atoms with Crippen LogP contribution < -0.4 is 16.0 Å². The molecule has 1 aliphatic rings. The van der Waals surface area contributed by atoms with Crippen LogP contribution in [0.4, 0.5) is 0 Å². The van der Waals surface area contributed by atoms with Crippen LogP contribution in [0.5, 0.6) is 0 Å². The summed E-state index contributed by atoms with van der Waals surface area (Å²) < 4.78 is 0. The van der Waals surface area contributed by atoms with Crippen molar-refractivity contribution in [2.75, 3.05) is 13.1 Å². The van der Waals surface area contributed by atoms with Gasteiger partial charge in [-0.15, -0.1) is 0 Å². The van der Waals surface area contributed by atoms with E-state index in [0.717, 1.165) is 17.4 Å². The molecule has 4 aromatic rings. The van der Waals surface area contributed by atoms with Crippen molar-refractivity contribution in [3.63, 3.8) is 0 Å². The number of likely N-dealkylation sites (tertiary alicyclic amines) is 1. The second-order valence-electron chi connectivity index (χ2n) is 14.5. The normalized spacial score (nSPS) is 18.5. The summed E-state index contributed by atoms with van der Waals surface area (Å²) in [6.45, 7) is 10.3. The van der Waals surface area contributed by atoms with E-state index in [1.807, 2.05) is 100 Å². The van der Waals surface area contributed by atoms with Crippen LogP contribution in [-0.4, -0.2) is 90.8 Å². The number of thioether (sulfide) groups is 1. The summed E-state index contributed by atoms with van der Waals surface area (Å²) in [6.07, 6.45) is 4.08. The monoisotopic (exact) mass is 711 g/mol. The molecule has 0 spiro atoms. The first kappa shape index (κ1) is 37.9. The molecule has 0 radical (unpaired) electrons. The van der Waals surface area contributed by atoms with Gasteiger partial charge in [0.05, 0.1) is 23.7 Å². The van der Waals surface area contributed by atoms with Gasteiger partial charge in [-0.3, -0.25) is 19.3 Å². The Morgan fingerprint density at radius 3 is 2.35 bits per heavy atom. The van der Waals surface area contributed by atoms with Crippen molar-refractivity contribution in [2.45, 2.75) is 94.1 Å². The third-order valence-electron chi connectivity index (χ3n) is 8.86. The minimum atomic E-state index is -1.02. The number of fused-ring (bicyclic) bond motifs is 1. The van der Waals surface area contributed by atoms with Gasteiger partial charge in [-0.25, -0.2) is 15.0 Å². The number of aromatic nitrogens is 3. The van der Waals surface area contributed by atoms with Crippen molar-refractivity contribution >= 4 is 40.4 Å². The number of rotatable bonds is 13. The van der Waals surface area contributed by atoms with Crippen molar-refractivity contribution < 1.29 is 19.5 Å². The fourth-order valence-electron chi connectivity index (χ4n) is 6.26. The summed E-state index contributed by atoms with van der Waals surface area (Å²) in [5.74, 6) is -1.22. The quantitative estimate of drug-likeness (QED) is 0.148. The lowest BCUT2D eigenvalue weighted by Gasteiger charge is -2.41. The summed E-state index contributed by atoms with van der Waals surface area (Å²) in [5, 5.41) is 22.7. The molecular weight excluding hydrogens is 663 g/mol. The second-order valence-corrected chi connectivity index (χ2v) is 15.8. The maximum atomic E-state index is 14.0. The molecule has 1 saturated heterocycles. The number of benzene rings is 2. The predicted molar refractivity (Wildman–Crippen MR) is 200 cm³/mol. The van der Waals surface area contributed by atoms with E-state index in [-0.39, 0.29) is 29.3 Å². The molecule has 3 heterocycles. The molecule has 0 saturated carbocycles. The van der Waals surface area contributed by atoms with Crippen molar-refractivity contribution in [3.8, 4) is 0 Å². The first-order chi connectivity index (χ1) is 24.4. The highest BCUT2D eigenvalue weighted by Crippen LogP contribution is 2.31. The Morgan fingerprint density at radius 1 is 0.941 bits per heavy atom. The number of aliphatic hydroxyl groups excluding tert-OH is 1. The van der Waals surface area contributed by atoms with Gasteiger partial charge < -0.3 is 21.1 Å². The van der Waals surface area contributed by atoms with E-state index in [9.17, 15) is 19.5 Å². The molecular formula is C39H49N7O4S. The van der Waals surface area contributed by atoms with Crippen molar-refractivity contribution in [1.29, 1.82) is 0 Å². The molecule has 51 heavy (non-hydrogen) atoms. The highest BCUT2D eigenvalue weighted by molar-refractivity contribution is 7.99. The Morgan fingerprint density at radius 2 is 1.65 bits per heavy atom. The van der Waals surface area contributed by atoms with Crippen LogP contribution in [0.2, 0.25) is 0 Å². The smallest absolute Gasteiger partial charge is 0.270 e. The lowest BCUT2D eigenvalue weighted by atomic mass is 9.95. The van der Waals surface area contributed by atoms with Crippen molar-refractivity contribution in [3.05, 3.63) is 96.4 Å². The number of β-amino-alcohol motifs (C(OH)–C–C–N with tert-alkyl or cyclic N) is 1. The average Bonchev–Trinajstić information content (AvgIpc) is 3.10. The number of hydrogen-bond donors (Lipinski definition) is 4. The Labute approximate surface area is 304 Å². The summed E-state index contributed by atoms with van der Waals surface area (Å²) in [5.41, 5.74) is 1.40. The van der Waals surface area contributed by atoms with E-state index >= 15 is 0 Å². The van der Waals surface area contributed by atoms with Gasteiger partial charge in [0.2, 0.25) is 11.8 Å². The minimum Gasteiger partial charge on any atom is -0.390 e. The maximum absolute atomic E-state index is 14.0. The fourth-order valence-corrected chi connectivity index (χ4v) is 7.31. The van der Waals surface area contributed by atoms with Crippen LogP contribution in [-0.2, 0) is 16.0 Å². The molecule has 4 N–H and O–H groups in total. The number of aliphatic hydroxyl groups is 1. The summed E-state index contributed by atoms with van der Waals surface area (Å²) in [4.78, 5) is 56.3. The maximum Gasteiger partial charge on any atom is 0.270 e. The summed E-state index contributed by atoms with van der Waals surface area (Å²) in [7, 11) is 0. The number of amides is 3. The van der Waals surface area contributed by atoms with Gasteiger partial charge in [-0.2, -0.15) is 0 Å². The van der Waals surface area contributed by atoms with Gasteiger partial charge in [-0.05, 0) is 69.7 Å². The van der Waals surface area contributed by atoms with E-state index in [2.05, 4.69) is 30.9 Å². The lowest BCUT2D eigenvalue weighted by molar-refractivity contribution is -0.130. The van der Waals surface area contributed by atoms with Gasteiger partial charge >= 0.3 is 0 Å². The van der Waals surface area contributed by atoms with Gasteiger partial charge in [0.25, 0.3) is 5.91 Å². The molecule has 12 heteroatoms. The average molecular weight is 712 g/mol. The largest absolute Gasteiger partial charge is 0.390 e. The van der Waals surface area contributed by atoms with Gasteiger partial charge in [0.1, 0.15) is 11.7 Å². The molecule has 270 valence electrons. The number of nitrogens with zero attached hydrogens (tertiary/aromatic N) is 4. The van der Waals surface area contributed by atoms with Crippen LogP contribution >= 0.6 is 11.8 Å². The molecule has 3 amide bonds. The molecule has 0 bridgehead atoms. The topological polar surface area (TPSA) is 149 Å². The number of pyridine rings is 1. The summed E-state index contributed by atoms with van der Waals surface area (Å²) in [6, 6.07) is 20.4. The standard InChI is InChI=1S/C39H49N7O4S/c1-25(2)34(44-35(48)30-17-16-27-14-9-10-15-29(27)42-30)37(50)43-31(22-26-12-7-6-8-13-26)33(47)24-46-21-18-28(51-38-40-19-11-20-41-38)23-32(46)36(49)45-39(3,4)5/h6-17,19-20,25,28,31-34,47H,18,21-24H2,1-5H3,(H,43,50)(H,44,48)(H,45,49)/t28-,31+,32+,33-,34+/m1/s1. The van der Waals surface area contributed by atoms with Crippen LogP contribution in [0.15, 0.2) is 90.3 Å². The minimum absolute atomic E-state index is 0.109. The van der Waals surface area contributed by atoms with Gasteiger partial charge in [-0.1, -0.05) is 80.2 Å². The van der Waals surface area contributed by atoms with E-state index < -0.39 is 41.6 Å². The zero-order chi connectivity index (χ0) is 36.5. The predicted octanol–water partition coefficient (Wildman–Crippen LogP) is 4.41. The Hall–Kier alpha value is -4.39. The zero-order valence-corrected chi connectivity index (χ0v) is 30.8. The number of para-hydroxylation sites is 1. The molecule has 1 aliphatic heterocycles. The number of hydrogen-bond acceptors (Lipinski definition) is 9. The lowest BCUT2D eigenvalue weighted by Crippen LogP contribution is -2.60. The molecule has 11 nitrogen and oxygen atoms in total. The molecule has 5 atom stereocenters. The Balaban J connectivity index is 1.33. The van der Waals surface area contributed by atoms with E-state index in [4.69, 9.17) is 0 Å². The highest BCUT2D eigenvalue weighted by atomic mass is 32.2. The fraction of sp³-hybridized carbons (Fsp3) is 0.436. The Kier molecular flexibility index (Phi) is 12.8. The summed E-state index contributed by atoms with van der Waals surface area (Å²) >= 11 is 1.56. The van der Waals surface area contributed by atoms with E-state index in [1.54, 1.807) is 36.3 Å². The van der Waals surface area contributed by atoms with Crippen LogP contribution in [0.3, 0.4) is 0 Å². The van der Waals surface area contributed by atoms with Crippen molar-refractivity contribution in [1.82, 2.24) is 35.8 Å². The third kappa shape index (κ3) is 10.8. The van der Waals surface area contributed by atoms with Crippen LogP contribution in [0.25, 0.3) is 10.9 Å². The molecule has 0 aliphatic carbocycles. The van der Waals surface area contributed by atoms with Gasteiger partial charge in [0, 0.05) is 41.7 Å². The first-order valence-corrected chi connectivity index (χ1v) is 18.4. The Bertz CT molecular complexity index is 1770. The van der Waals surface area contributed by atoms with Crippen LogP contribution in [0.1, 0.15) is 63.5 Å². The van der Waals surface area contributed by atoms with E-state index in [1.165, 1.54) is 0 Å². The molecule has 0 unspecified atom stereocenters. The third-order valence-corrected chi connectivity index (χ3v) is 10.0. The number of piperidine rings is 1. The SMILES string of the molecule is CC(C)[C@H](NC(=O)c1ccc2ccccc2n1)C(=O)N[C@@H](Cc1ccccc1)[C@H](O)CN1CC[C@@H](Sc2ncccn2)C[C@H]1C(=O)NC(C)(C)C. The molecule has 2 aromatic heterocycles. The van der Waals surface area contributed by atoms with Crippen molar-refractivity contribution in [2.24, 2.45) is 5.92 Å². The zero-order valence-electron chi connectivity index (χ0n) is 30.0. The molecule has 1 fully saturated rings. The first-order valence-electron chi connectivity index (χ1n) is 17.5. The number of carbonyl (C=O) groups is 3.